The topological polar surface area (TPSA) is 41.6 Å². The van der Waals surface area contributed by atoms with Crippen molar-refractivity contribution >= 4 is 33.7 Å². The molecule has 4 nitrogen and oxygen atoms in total. The van der Waals surface area contributed by atoms with E-state index in [1.165, 1.54) is 40.1 Å². The van der Waals surface area contributed by atoms with Gasteiger partial charge in [0.05, 0.1) is 0 Å². The van der Waals surface area contributed by atoms with Gasteiger partial charge in [-0.3, -0.25) is 0 Å². The molecule has 5 rings (SSSR count). The lowest BCUT2D eigenvalue weighted by molar-refractivity contribution is 0.198. The van der Waals surface area contributed by atoms with Crippen molar-refractivity contribution in [2.75, 3.05) is 26.2 Å². The van der Waals surface area contributed by atoms with Gasteiger partial charge in [0.1, 0.15) is 5.75 Å². The van der Waals surface area contributed by atoms with Crippen LogP contribution >= 0.6 is 0 Å². The van der Waals surface area contributed by atoms with Gasteiger partial charge in [0.15, 0.2) is 0 Å². The monoisotopic (exact) mass is 372 g/mol. The molecule has 0 unspecified atom stereocenters. The summed E-state index contributed by atoms with van der Waals surface area (Å²) >= 11 is 0. The predicted molar refractivity (Wildman–Crippen MR) is 114 cm³/mol. The number of benzene rings is 3. The molecule has 4 heteroatoms. The molecule has 1 N–H and O–H groups in total. The molecule has 1 saturated heterocycles. The Morgan fingerprint density at radius 3 is 2.71 bits per heavy atom. The van der Waals surface area contributed by atoms with Gasteiger partial charge in [0.2, 0.25) is 0 Å². The number of nitrogens with one attached hydrogen (secondary N) is 1. The van der Waals surface area contributed by atoms with E-state index in [-0.39, 0.29) is 6.09 Å². The Hall–Kier alpha value is -2.85. The average molecular weight is 372 g/mol. The largest absolute Gasteiger partial charge is 0.412 e. The minimum absolute atomic E-state index is 0.386. The molecule has 1 amide bonds. The summed E-state index contributed by atoms with van der Waals surface area (Å²) in [7, 11) is 0. The number of allylic oxidation sites excluding steroid dienone is 1. The molecule has 0 saturated carbocycles. The van der Waals surface area contributed by atoms with Crippen molar-refractivity contribution in [1.29, 1.82) is 0 Å². The second-order valence-electron chi connectivity index (χ2n) is 7.65. The molecule has 1 heterocycles. The fourth-order valence-electron chi connectivity index (χ4n) is 4.42. The number of carbonyl (C=O) groups is 1. The third-order valence-corrected chi connectivity index (χ3v) is 5.86. The van der Waals surface area contributed by atoms with Gasteiger partial charge in [0, 0.05) is 13.1 Å². The molecule has 0 radical (unpaired) electrons. The van der Waals surface area contributed by atoms with Gasteiger partial charge in [-0.15, -0.1) is 0 Å². The summed E-state index contributed by atoms with van der Waals surface area (Å²) in [6, 6.07) is 14.6. The van der Waals surface area contributed by atoms with E-state index < -0.39 is 0 Å². The second-order valence-corrected chi connectivity index (χ2v) is 7.65. The van der Waals surface area contributed by atoms with Gasteiger partial charge in [-0.05, 0) is 77.2 Å². The molecule has 0 aromatic heterocycles. The van der Waals surface area contributed by atoms with Crippen LogP contribution in [-0.4, -0.2) is 37.2 Å². The number of likely N-dealkylation sites (tertiary alicyclic amines) is 1. The molecule has 1 fully saturated rings. The van der Waals surface area contributed by atoms with Crippen LogP contribution in [0.3, 0.4) is 0 Å². The minimum Gasteiger partial charge on any atom is -0.410 e. The van der Waals surface area contributed by atoms with Crippen LogP contribution in [0.1, 0.15) is 24.0 Å². The van der Waals surface area contributed by atoms with Gasteiger partial charge in [-0.2, -0.15) is 0 Å². The van der Waals surface area contributed by atoms with Gasteiger partial charge in [0.25, 0.3) is 0 Å². The van der Waals surface area contributed by atoms with Crippen LogP contribution in [0.25, 0.3) is 27.6 Å². The zero-order valence-corrected chi connectivity index (χ0v) is 15.9. The summed E-state index contributed by atoms with van der Waals surface area (Å²) in [5, 5.41) is 7.69. The summed E-state index contributed by atoms with van der Waals surface area (Å²) < 4.78 is 5.49. The van der Waals surface area contributed by atoms with Crippen molar-refractivity contribution in [3.8, 4) is 5.75 Å². The van der Waals surface area contributed by atoms with Gasteiger partial charge in [-0.1, -0.05) is 42.5 Å². The standard InChI is InChI=1S/C24H24N2O2/c27-24(25-12-15-26-13-1-2-14-26)28-19-8-11-21-18(16-19)7-10-22-20-5-3-4-17(20)6-9-23(21)22/h3-4,6-11,16H,1-2,5,12-15H2,(H,25,27). The van der Waals surface area contributed by atoms with Crippen molar-refractivity contribution in [1.82, 2.24) is 10.2 Å². The maximum absolute atomic E-state index is 12.1. The highest BCUT2D eigenvalue weighted by molar-refractivity contribution is 6.09. The fourth-order valence-corrected chi connectivity index (χ4v) is 4.42. The lowest BCUT2D eigenvalue weighted by Crippen LogP contribution is -2.35. The molecule has 1 aliphatic carbocycles. The van der Waals surface area contributed by atoms with E-state index in [1.54, 1.807) is 0 Å². The number of carbonyl (C=O) groups excluding carboxylic acids is 1. The summed E-state index contributed by atoms with van der Waals surface area (Å²) in [5.74, 6) is 0.577. The highest BCUT2D eigenvalue weighted by atomic mass is 16.6. The number of nitrogens with zero attached hydrogens (tertiary/aromatic N) is 1. The van der Waals surface area contributed by atoms with E-state index in [0.717, 1.165) is 31.4 Å². The van der Waals surface area contributed by atoms with Crippen molar-refractivity contribution < 1.29 is 9.53 Å². The van der Waals surface area contributed by atoms with Crippen LogP contribution in [0, 0.1) is 0 Å². The van der Waals surface area contributed by atoms with Crippen LogP contribution < -0.4 is 10.1 Å². The van der Waals surface area contributed by atoms with Crippen LogP contribution in [0.2, 0.25) is 0 Å². The molecular formula is C24H24N2O2. The normalized spacial score (nSPS) is 16.0. The van der Waals surface area contributed by atoms with Crippen LogP contribution in [0.4, 0.5) is 4.79 Å². The van der Waals surface area contributed by atoms with Crippen LogP contribution in [0.5, 0.6) is 5.75 Å². The molecule has 0 spiro atoms. The van der Waals surface area contributed by atoms with Gasteiger partial charge >= 0.3 is 6.09 Å². The first-order valence-corrected chi connectivity index (χ1v) is 10.1. The minimum atomic E-state index is -0.386. The Kier molecular flexibility index (Phi) is 4.49. The zero-order chi connectivity index (χ0) is 18.9. The average Bonchev–Trinajstić information content (AvgIpc) is 3.39. The zero-order valence-electron chi connectivity index (χ0n) is 15.9. The Morgan fingerprint density at radius 1 is 1.00 bits per heavy atom. The summed E-state index contributed by atoms with van der Waals surface area (Å²) in [5.41, 5.74) is 2.72. The smallest absolute Gasteiger partial charge is 0.410 e. The van der Waals surface area contributed by atoms with Crippen molar-refractivity contribution in [2.45, 2.75) is 19.3 Å². The quantitative estimate of drug-likeness (QED) is 0.672. The third-order valence-electron chi connectivity index (χ3n) is 5.86. The van der Waals surface area contributed by atoms with Crippen LogP contribution in [-0.2, 0) is 6.42 Å². The predicted octanol–water partition coefficient (Wildman–Crippen LogP) is 4.75. The molecule has 0 bridgehead atoms. The van der Waals surface area contributed by atoms with E-state index in [9.17, 15) is 4.79 Å². The first-order valence-electron chi connectivity index (χ1n) is 10.1. The number of amides is 1. The molecule has 28 heavy (non-hydrogen) atoms. The van der Waals surface area contributed by atoms with Crippen LogP contribution in [0.15, 0.2) is 48.5 Å². The Balaban J connectivity index is 1.31. The fraction of sp³-hybridized carbons (Fsp3) is 0.292. The number of rotatable bonds is 4. The lowest BCUT2D eigenvalue weighted by atomic mass is 9.96. The SMILES string of the molecule is O=C(NCCN1CCCC1)Oc1ccc2c(ccc3c4c(ccc32)C=CC4)c1. The number of ether oxygens (including phenoxy) is 1. The molecule has 3 aromatic rings. The summed E-state index contributed by atoms with van der Waals surface area (Å²) in [6.45, 7) is 3.78. The number of hydrogen-bond donors (Lipinski definition) is 1. The summed E-state index contributed by atoms with van der Waals surface area (Å²) in [6.07, 6.45) is 7.54. The van der Waals surface area contributed by atoms with Crippen molar-refractivity contribution in [3.05, 3.63) is 59.7 Å². The lowest BCUT2D eigenvalue weighted by Gasteiger charge is -2.14. The highest BCUT2D eigenvalue weighted by Crippen LogP contribution is 2.34. The molecular weight excluding hydrogens is 348 g/mol. The maximum atomic E-state index is 12.1. The van der Waals surface area contributed by atoms with Crippen molar-refractivity contribution in [2.24, 2.45) is 0 Å². The Morgan fingerprint density at radius 2 is 1.82 bits per heavy atom. The van der Waals surface area contributed by atoms with E-state index in [0.29, 0.717) is 12.3 Å². The second kappa shape index (κ2) is 7.28. The Labute approximate surface area is 164 Å². The third kappa shape index (κ3) is 3.25. The first-order chi connectivity index (χ1) is 13.8. The first kappa shape index (κ1) is 17.3. The van der Waals surface area contributed by atoms with Crippen molar-refractivity contribution in [3.63, 3.8) is 0 Å². The maximum Gasteiger partial charge on any atom is 0.412 e. The van der Waals surface area contributed by atoms with E-state index >= 15 is 0 Å². The molecule has 0 atom stereocenters. The highest BCUT2D eigenvalue weighted by Gasteiger charge is 2.13. The van der Waals surface area contributed by atoms with Gasteiger partial charge < -0.3 is 15.0 Å². The molecule has 3 aromatic carbocycles. The number of fused-ring (bicyclic) bond motifs is 5. The van der Waals surface area contributed by atoms with E-state index in [4.69, 9.17) is 4.74 Å². The van der Waals surface area contributed by atoms with E-state index in [1.807, 2.05) is 12.1 Å². The summed E-state index contributed by atoms with van der Waals surface area (Å²) in [4.78, 5) is 14.5. The molecule has 142 valence electrons. The number of hydrogen-bond acceptors (Lipinski definition) is 3. The molecule has 2 aliphatic rings. The Bertz CT molecular complexity index is 1080. The van der Waals surface area contributed by atoms with E-state index in [2.05, 4.69) is 52.7 Å². The molecule has 1 aliphatic heterocycles. The van der Waals surface area contributed by atoms with Gasteiger partial charge in [-0.25, -0.2) is 4.79 Å².